The van der Waals surface area contributed by atoms with Crippen molar-refractivity contribution in [2.24, 2.45) is 0 Å². The van der Waals surface area contributed by atoms with Gasteiger partial charge in [0.25, 0.3) is 0 Å². The molecule has 1 aromatic rings. The van der Waals surface area contributed by atoms with E-state index in [1.165, 1.54) is 0 Å². The van der Waals surface area contributed by atoms with Crippen LogP contribution in [0.15, 0.2) is 31.0 Å². The van der Waals surface area contributed by atoms with E-state index < -0.39 is 0 Å². The van der Waals surface area contributed by atoms with Gasteiger partial charge in [-0.2, -0.15) is 0 Å². The van der Waals surface area contributed by atoms with Crippen LogP contribution in [0.2, 0.25) is 0 Å². The molecule has 1 heterocycles. The van der Waals surface area contributed by atoms with Crippen molar-refractivity contribution >= 4 is 17.7 Å². The van der Waals surface area contributed by atoms with E-state index in [-0.39, 0.29) is 5.12 Å². The number of pyridine rings is 1. The molecular formula is C9H9NOS. The number of nitrogens with zero attached hydrogens (tertiary/aromatic N) is 1. The molecule has 0 aliphatic heterocycles. The SMILES string of the molecule is C=CCc1ccc(C(=O)S)nc1. The number of hydrogen-bond donors (Lipinski definition) is 1. The van der Waals surface area contributed by atoms with Crippen LogP contribution in [-0.2, 0) is 6.42 Å². The average molecular weight is 179 g/mol. The molecule has 0 aliphatic carbocycles. The summed E-state index contributed by atoms with van der Waals surface area (Å²) in [5.74, 6) is 0. The molecule has 12 heavy (non-hydrogen) atoms. The topological polar surface area (TPSA) is 30.0 Å². The Morgan fingerprint density at radius 2 is 2.42 bits per heavy atom. The number of hydrogen-bond acceptors (Lipinski definition) is 2. The Morgan fingerprint density at radius 3 is 2.83 bits per heavy atom. The molecule has 0 aliphatic rings. The minimum atomic E-state index is -0.305. The molecule has 0 atom stereocenters. The van der Waals surface area contributed by atoms with Crippen LogP contribution in [0, 0.1) is 0 Å². The van der Waals surface area contributed by atoms with E-state index in [1.54, 1.807) is 18.3 Å². The number of aromatic nitrogens is 1. The second-order valence-corrected chi connectivity index (χ2v) is 2.76. The first kappa shape index (κ1) is 9.00. The van der Waals surface area contributed by atoms with Gasteiger partial charge in [-0.3, -0.25) is 9.78 Å². The summed E-state index contributed by atoms with van der Waals surface area (Å²) in [6.07, 6.45) is 4.22. The third kappa shape index (κ3) is 2.20. The van der Waals surface area contributed by atoms with Gasteiger partial charge in [0.2, 0.25) is 5.12 Å². The number of thiol groups is 1. The molecule has 0 spiro atoms. The highest BCUT2D eigenvalue weighted by Gasteiger charge is 1.99. The Balaban J connectivity index is 2.85. The summed E-state index contributed by atoms with van der Waals surface area (Å²) < 4.78 is 0. The first-order chi connectivity index (χ1) is 5.74. The van der Waals surface area contributed by atoms with Gasteiger partial charge in [0.1, 0.15) is 5.69 Å². The Labute approximate surface area is 76.7 Å². The van der Waals surface area contributed by atoms with Crippen LogP contribution in [0.4, 0.5) is 0 Å². The standard InChI is InChI=1S/C9H9NOS/c1-2-3-7-4-5-8(9(11)12)10-6-7/h2,4-6H,1,3H2,(H,11,12). The Bertz CT molecular complexity index is 292. The van der Waals surface area contributed by atoms with E-state index in [9.17, 15) is 4.79 Å². The molecule has 0 unspecified atom stereocenters. The highest BCUT2D eigenvalue weighted by molar-refractivity contribution is 7.97. The van der Waals surface area contributed by atoms with Crippen LogP contribution in [0.3, 0.4) is 0 Å². The van der Waals surface area contributed by atoms with E-state index >= 15 is 0 Å². The van der Waals surface area contributed by atoms with Crippen molar-refractivity contribution < 1.29 is 4.79 Å². The summed E-state index contributed by atoms with van der Waals surface area (Å²) in [6.45, 7) is 3.60. The largest absolute Gasteiger partial charge is 0.280 e. The first-order valence-corrected chi connectivity index (χ1v) is 3.98. The third-order valence-corrected chi connectivity index (χ3v) is 1.65. The maximum Gasteiger partial charge on any atom is 0.234 e. The van der Waals surface area contributed by atoms with Gasteiger partial charge in [0.15, 0.2) is 0 Å². The van der Waals surface area contributed by atoms with E-state index in [1.807, 2.05) is 6.07 Å². The van der Waals surface area contributed by atoms with Crippen LogP contribution in [0.5, 0.6) is 0 Å². The summed E-state index contributed by atoms with van der Waals surface area (Å²) in [7, 11) is 0. The highest BCUT2D eigenvalue weighted by Crippen LogP contribution is 2.03. The molecule has 0 saturated carbocycles. The van der Waals surface area contributed by atoms with Crippen LogP contribution in [0.1, 0.15) is 16.1 Å². The quantitative estimate of drug-likeness (QED) is 0.567. The van der Waals surface area contributed by atoms with Gasteiger partial charge < -0.3 is 0 Å². The number of allylic oxidation sites excluding steroid dienone is 1. The number of carbonyl (C=O) groups is 1. The minimum absolute atomic E-state index is 0.305. The Hall–Kier alpha value is -1.09. The third-order valence-electron chi connectivity index (χ3n) is 1.42. The molecule has 0 saturated heterocycles. The summed E-state index contributed by atoms with van der Waals surface area (Å²) in [5.41, 5.74) is 1.43. The monoisotopic (exact) mass is 179 g/mol. The fourth-order valence-corrected chi connectivity index (χ4v) is 0.971. The zero-order valence-corrected chi connectivity index (χ0v) is 7.42. The Kier molecular flexibility index (Phi) is 3.05. The predicted molar refractivity (Wildman–Crippen MR) is 51.5 cm³/mol. The minimum Gasteiger partial charge on any atom is -0.280 e. The molecule has 3 heteroatoms. The zero-order valence-electron chi connectivity index (χ0n) is 6.53. The maximum absolute atomic E-state index is 10.7. The Morgan fingerprint density at radius 1 is 1.67 bits per heavy atom. The van der Waals surface area contributed by atoms with Crippen molar-refractivity contribution in [3.63, 3.8) is 0 Å². The molecule has 2 nitrogen and oxygen atoms in total. The van der Waals surface area contributed by atoms with Crippen molar-refractivity contribution in [3.05, 3.63) is 42.2 Å². The van der Waals surface area contributed by atoms with Gasteiger partial charge in [-0.05, 0) is 18.1 Å². The predicted octanol–water partition coefficient (Wildman–Crippen LogP) is 1.88. The molecular weight excluding hydrogens is 170 g/mol. The smallest absolute Gasteiger partial charge is 0.234 e. The van der Waals surface area contributed by atoms with E-state index in [0.717, 1.165) is 12.0 Å². The molecule has 0 N–H and O–H groups in total. The lowest BCUT2D eigenvalue weighted by Crippen LogP contribution is -1.94. The van der Waals surface area contributed by atoms with Gasteiger partial charge in [0, 0.05) is 6.20 Å². The maximum atomic E-state index is 10.7. The van der Waals surface area contributed by atoms with Crippen molar-refractivity contribution in [2.45, 2.75) is 6.42 Å². The number of carbonyl (C=O) groups excluding carboxylic acids is 1. The van der Waals surface area contributed by atoms with E-state index in [4.69, 9.17) is 0 Å². The van der Waals surface area contributed by atoms with Gasteiger partial charge in [-0.1, -0.05) is 24.8 Å². The van der Waals surface area contributed by atoms with Gasteiger partial charge in [-0.15, -0.1) is 6.58 Å². The fourth-order valence-electron chi connectivity index (χ4n) is 0.838. The fraction of sp³-hybridized carbons (Fsp3) is 0.111. The lowest BCUT2D eigenvalue weighted by Gasteiger charge is -1.96. The molecule has 62 valence electrons. The van der Waals surface area contributed by atoms with Crippen molar-refractivity contribution in [3.8, 4) is 0 Å². The van der Waals surface area contributed by atoms with Crippen molar-refractivity contribution in [1.29, 1.82) is 0 Å². The second-order valence-electron chi connectivity index (χ2n) is 2.35. The molecule has 0 radical (unpaired) electrons. The molecule has 0 bridgehead atoms. The highest BCUT2D eigenvalue weighted by atomic mass is 32.1. The van der Waals surface area contributed by atoms with Crippen LogP contribution >= 0.6 is 12.6 Å². The first-order valence-electron chi connectivity index (χ1n) is 3.53. The second kappa shape index (κ2) is 4.07. The molecule has 0 amide bonds. The lowest BCUT2D eigenvalue weighted by molar-refractivity contribution is 0.108. The van der Waals surface area contributed by atoms with Crippen molar-refractivity contribution in [1.82, 2.24) is 4.98 Å². The average Bonchev–Trinajstić information content (AvgIpc) is 2.06. The van der Waals surface area contributed by atoms with E-state index in [2.05, 4.69) is 24.2 Å². The van der Waals surface area contributed by atoms with Crippen LogP contribution in [-0.4, -0.2) is 10.1 Å². The summed E-state index contributed by atoms with van der Waals surface area (Å²) in [5, 5.41) is -0.305. The molecule has 0 aromatic carbocycles. The molecule has 0 fully saturated rings. The zero-order chi connectivity index (χ0) is 8.97. The van der Waals surface area contributed by atoms with E-state index in [0.29, 0.717) is 5.69 Å². The van der Waals surface area contributed by atoms with Gasteiger partial charge in [0.05, 0.1) is 0 Å². The lowest BCUT2D eigenvalue weighted by atomic mass is 10.2. The molecule has 1 aromatic heterocycles. The van der Waals surface area contributed by atoms with Gasteiger partial charge >= 0.3 is 0 Å². The summed E-state index contributed by atoms with van der Waals surface area (Å²) >= 11 is 3.65. The summed E-state index contributed by atoms with van der Waals surface area (Å²) in [6, 6.07) is 3.51. The number of rotatable bonds is 3. The molecule has 1 rings (SSSR count). The summed E-state index contributed by atoms with van der Waals surface area (Å²) in [4.78, 5) is 14.6. The normalized spacial score (nSPS) is 9.42. The van der Waals surface area contributed by atoms with Gasteiger partial charge in [-0.25, -0.2) is 0 Å². The van der Waals surface area contributed by atoms with Crippen LogP contribution in [0.25, 0.3) is 0 Å². The van der Waals surface area contributed by atoms with Crippen LogP contribution < -0.4 is 0 Å². The van der Waals surface area contributed by atoms with Crippen molar-refractivity contribution in [2.75, 3.05) is 0 Å².